The number of carbonyl (C=O) groups excluding carboxylic acids is 1. The van der Waals surface area contributed by atoms with Crippen LogP contribution < -0.4 is 10.2 Å². The molecule has 1 aliphatic heterocycles. The molecule has 1 fully saturated rings. The second kappa shape index (κ2) is 5.96. The average Bonchev–Trinajstić information content (AvgIpc) is 2.87. The number of hydrogen-bond acceptors (Lipinski definition) is 5. The first-order valence-corrected chi connectivity index (χ1v) is 6.37. The number of rotatable bonds is 3. The summed E-state index contributed by atoms with van der Waals surface area (Å²) >= 11 is 5.78. The van der Waals surface area contributed by atoms with Crippen molar-refractivity contribution in [2.45, 2.75) is 12.5 Å². The molecule has 0 saturated carbocycles. The van der Waals surface area contributed by atoms with Crippen molar-refractivity contribution in [3.05, 3.63) is 22.8 Å². The summed E-state index contributed by atoms with van der Waals surface area (Å²) in [5.74, 6) is -0.567. The molecule has 0 aromatic carbocycles. The summed E-state index contributed by atoms with van der Waals surface area (Å²) in [4.78, 5) is 28.2. The Balaban J connectivity index is 2.08. The van der Waals surface area contributed by atoms with Crippen molar-refractivity contribution in [3.63, 3.8) is 0 Å². The molecule has 108 valence electrons. The maximum Gasteiger partial charge on any atom is 0.407 e. The molecule has 0 spiro atoms. The Morgan fingerprint density at radius 1 is 1.60 bits per heavy atom. The Morgan fingerprint density at radius 2 is 2.35 bits per heavy atom. The van der Waals surface area contributed by atoms with Gasteiger partial charge in [0.1, 0.15) is 5.82 Å². The third kappa shape index (κ3) is 3.11. The molecule has 2 heterocycles. The summed E-state index contributed by atoms with van der Waals surface area (Å²) < 4.78 is 4.54. The molecule has 1 aliphatic rings. The Bertz CT molecular complexity index is 537. The predicted molar refractivity (Wildman–Crippen MR) is 72.4 cm³/mol. The molecule has 1 aromatic rings. The third-order valence-corrected chi connectivity index (χ3v) is 3.39. The van der Waals surface area contributed by atoms with E-state index in [1.807, 2.05) is 4.90 Å². The number of anilines is 1. The molecule has 1 aromatic heterocycles. The molecule has 1 saturated heterocycles. The minimum Gasteiger partial charge on any atom is -0.478 e. The third-order valence-electron chi connectivity index (χ3n) is 3.09. The van der Waals surface area contributed by atoms with Crippen LogP contribution in [0, 0.1) is 0 Å². The number of methoxy groups -OCH3 is 1. The van der Waals surface area contributed by atoms with Crippen LogP contribution in [0.4, 0.5) is 10.6 Å². The van der Waals surface area contributed by atoms with E-state index >= 15 is 0 Å². The van der Waals surface area contributed by atoms with Gasteiger partial charge in [0, 0.05) is 19.3 Å². The van der Waals surface area contributed by atoms with Gasteiger partial charge in [-0.3, -0.25) is 0 Å². The highest BCUT2D eigenvalue weighted by atomic mass is 35.5. The van der Waals surface area contributed by atoms with Gasteiger partial charge in [0.25, 0.3) is 0 Å². The molecular weight excluding hydrogens is 286 g/mol. The number of halogens is 1. The first kappa shape index (κ1) is 14.4. The van der Waals surface area contributed by atoms with Gasteiger partial charge in [0.15, 0.2) is 0 Å². The Hall–Kier alpha value is -2.02. The van der Waals surface area contributed by atoms with Crippen molar-refractivity contribution in [2.75, 3.05) is 25.1 Å². The van der Waals surface area contributed by atoms with Gasteiger partial charge in [-0.05, 0) is 12.5 Å². The standard InChI is InChI=1S/C12H14ClN3O4/c1-20-12(19)15-7-2-3-16(6-7)10-4-8(11(17)18)9(13)5-14-10/h4-5,7H,2-3,6H2,1H3,(H,15,19)(H,17,18). The van der Waals surface area contributed by atoms with E-state index in [2.05, 4.69) is 15.0 Å². The second-order valence-electron chi connectivity index (χ2n) is 4.40. The largest absolute Gasteiger partial charge is 0.478 e. The minimum atomic E-state index is -1.10. The molecule has 0 radical (unpaired) electrons. The number of aromatic nitrogens is 1. The zero-order chi connectivity index (χ0) is 14.7. The van der Waals surface area contributed by atoms with Crippen molar-refractivity contribution >= 4 is 29.5 Å². The maximum absolute atomic E-state index is 11.1. The number of carbonyl (C=O) groups is 2. The first-order valence-electron chi connectivity index (χ1n) is 5.99. The van der Waals surface area contributed by atoms with Crippen LogP contribution in [0.15, 0.2) is 12.3 Å². The number of amides is 1. The van der Waals surface area contributed by atoms with Crippen LogP contribution in [0.2, 0.25) is 5.02 Å². The van der Waals surface area contributed by atoms with E-state index in [9.17, 15) is 9.59 Å². The van der Waals surface area contributed by atoms with Crippen LogP contribution in [-0.4, -0.2) is 48.4 Å². The lowest BCUT2D eigenvalue weighted by Gasteiger charge is -2.18. The second-order valence-corrected chi connectivity index (χ2v) is 4.80. The molecular formula is C12H14ClN3O4. The van der Waals surface area contributed by atoms with Crippen molar-refractivity contribution in [1.29, 1.82) is 0 Å². The fourth-order valence-electron chi connectivity index (χ4n) is 2.08. The molecule has 20 heavy (non-hydrogen) atoms. The Labute approximate surface area is 120 Å². The highest BCUT2D eigenvalue weighted by Gasteiger charge is 2.26. The number of nitrogens with zero attached hydrogens (tertiary/aromatic N) is 2. The topological polar surface area (TPSA) is 91.8 Å². The van der Waals surface area contributed by atoms with E-state index in [1.54, 1.807) is 0 Å². The predicted octanol–water partition coefficient (Wildman–Crippen LogP) is 1.37. The highest BCUT2D eigenvalue weighted by Crippen LogP contribution is 2.23. The number of hydrogen-bond donors (Lipinski definition) is 2. The van der Waals surface area contributed by atoms with E-state index in [0.29, 0.717) is 18.9 Å². The van der Waals surface area contributed by atoms with Gasteiger partial charge < -0.3 is 20.1 Å². The number of pyridine rings is 1. The molecule has 2 N–H and O–H groups in total. The van der Waals surface area contributed by atoms with Gasteiger partial charge in [-0.1, -0.05) is 11.6 Å². The lowest BCUT2D eigenvalue weighted by atomic mass is 10.2. The van der Waals surface area contributed by atoms with Gasteiger partial charge in [-0.2, -0.15) is 0 Å². The number of carboxylic acid groups (broad SMARTS) is 1. The number of carboxylic acids is 1. The van der Waals surface area contributed by atoms with Gasteiger partial charge in [-0.15, -0.1) is 0 Å². The van der Waals surface area contributed by atoms with Crippen molar-refractivity contribution < 1.29 is 19.4 Å². The first-order chi connectivity index (χ1) is 9.51. The van der Waals surface area contributed by atoms with Crippen molar-refractivity contribution in [1.82, 2.24) is 10.3 Å². The minimum absolute atomic E-state index is 0.0149. The SMILES string of the molecule is COC(=O)NC1CCN(c2cc(C(=O)O)c(Cl)cn2)C1. The maximum atomic E-state index is 11.1. The number of nitrogens with one attached hydrogen (secondary N) is 1. The van der Waals surface area contributed by atoms with Crippen molar-refractivity contribution in [3.8, 4) is 0 Å². The molecule has 0 bridgehead atoms. The van der Waals surface area contributed by atoms with Crippen LogP contribution in [0.1, 0.15) is 16.8 Å². The molecule has 2 rings (SSSR count). The summed E-state index contributed by atoms with van der Waals surface area (Å²) in [5.41, 5.74) is 0.0149. The smallest absolute Gasteiger partial charge is 0.407 e. The van der Waals surface area contributed by atoms with E-state index in [1.165, 1.54) is 19.4 Å². The molecule has 7 nitrogen and oxygen atoms in total. The summed E-state index contributed by atoms with van der Waals surface area (Å²) in [6.45, 7) is 1.21. The van der Waals surface area contributed by atoms with Gasteiger partial charge in [0.05, 0.1) is 23.7 Å². The van der Waals surface area contributed by atoms with Gasteiger partial charge in [-0.25, -0.2) is 14.6 Å². The van der Waals surface area contributed by atoms with Crippen molar-refractivity contribution in [2.24, 2.45) is 0 Å². The quantitative estimate of drug-likeness (QED) is 0.876. The normalized spacial score (nSPS) is 17.9. The highest BCUT2D eigenvalue weighted by molar-refractivity contribution is 6.33. The van der Waals surface area contributed by atoms with Crippen LogP contribution in [0.25, 0.3) is 0 Å². The zero-order valence-electron chi connectivity index (χ0n) is 10.8. The van der Waals surface area contributed by atoms with E-state index in [4.69, 9.17) is 16.7 Å². The van der Waals surface area contributed by atoms with Crippen LogP contribution in [-0.2, 0) is 4.74 Å². The number of alkyl carbamates (subject to hydrolysis) is 1. The van der Waals surface area contributed by atoms with E-state index < -0.39 is 12.1 Å². The van der Waals surface area contributed by atoms with Crippen LogP contribution in [0.5, 0.6) is 0 Å². The van der Waals surface area contributed by atoms with Crippen LogP contribution >= 0.6 is 11.6 Å². The molecule has 8 heteroatoms. The van der Waals surface area contributed by atoms with E-state index in [-0.39, 0.29) is 16.6 Å². The molecule has 1 amide bonds. The lowest BCUT2D eigenvalue weighted by molar-refractivity contribution is 0.0697. The molecule has 1 unspecified atom stereocenters. The lowest BCUT2D eigenvalue weighted by Crippen LogP contribution is -2.37. The van der Waals surface area contributed by atoms with Gasteiger partial charge >= 0.3 is 12.1 Å². The monoisotopic (exact) mass is 299 g/mol. The zero-order valence-corrected chi connectivity index (χ0v) is 11.6. The molecule has 0 aliphatic carbocycles. The summed E-state index contributed by atoms with van der Waals surface area (Å²) in [5, 5.41) is 11.8. The fourth-order valence-corrected chi connectivity index (χ4v) is 2.26. The summed E-state index contributed by atoms with van der Waals surface area (Å²) in [7, 11) is 1.31. The summed E-state index contributed by atoms with van der Waals surface area (Å²) in [6.07, 6.45) is 1.58. The Kier molecular flexibility index (Phi) is 4.29. The average molecular weight is 300 g/mol. The fraction of sp³-hybridized carbons (Fsp3) is 0.417. The van der Waals surface area contributed by atoms with E-state index in [0.717, 1.165) is 6.42 Å². The number of aromatic carboxylic acids is 1. The van der Waals surface area contributed by atoms with Crippen LogP contribution in [0.3, 0.4) is 0 Å². The molecule has 1 atom stereocenters. The number of ether oxygens (including phenoxy) is 1. The Morgan fingerprint density at radius 3 is 3.00 bits per heavy atom. The summed E-state index contributed by atoms with van der Waals surface area (Å²) in [6, 6.07) is 1.39. The van der Waals surface area contributed by atoms with Gasteiger partial charge in [0.2, 0.25) is 0 Å².